The van der Waals surface area contributed by atoms with Crippen LogP contribution in [0.1, 0.15) is 11.3 Å². The van der Waals surface area contributed by atoms with Crippen LogP contribution >= 0.6 is 0 Å². The molecule has 6 heteroatoms. The number of urea groups is 1. The molecule has 2 aromatic rings. The number of carbonyl (C=O) groups is 2. The van der Waals surface area contributed by atoms with Gasteiger partial charge in [0, 0.05) is 12.6 Å². The zero-order valence-corrected chi connectivity index (χ0v) is 12.9. The highest BCUT2D eigenvalue weighted by Crippen LogP contribution is 2.04. The monoisotopic (exact) mass is 313 g/mol. The first kappa shape index (κ1) is 16.5. The van der Waals surface area contributed by atoms with Crippen molar-refractivity contribution >= 4 is 12.0 Å². The normalized spacial score (nSPS) is 11.3. The van der Waals surface area contributed by atoms with E-state index in [2.05, 4.69) is 15.6 Å². The molecule has 0 saturated heterocycles. The van der Waals surface area contributed by atoms with Gasteiger partial charge in [-0.3, -0.25) is 4.98 Å². The van der Waals surface area contributed by atoms with Crippen molar-refractivity contribution < 1.29 is 14.3 Å². The molecule has 1 aromatic heterocycles. The number of carbonyl (C=O) groups excluding carboxylic acids is 2. The van der Waals surface area contributed by atoms with E-state index in [9.17, 15) is 9.59 Å². The van der Waals surface area contributed by atoms with Gasteiger partial charge in [0.25, 0.3) is 0 Å². The van der Waals surface area contributed by atoms with Gasteiger partial charge in [0.05, 0.1) is 19.3 Å². The van der Waals surface area contributed by atoms with Crippen LogP contribution in [-0.2, 0) is 22.5 Å². The lowest BCUT2D eigenvalue weighted by Gasteiger charge is -2.17. The second kappa shape index (κ2) is 8.53. The smallest absolute Gasteiger partial charge is 0.328 e. The first-order valence-electron chi connectivity index (χ1n) is 7.25. The molecule has 2 N–H and O–H groups in total. The minimum atomic E-state index is -0.744. The van der Waals surface area contributed by atoms with Gasteiger partial charge in [-0.15, -0.1) is 0 Å². The summed E-state index contributed by atoms with van der Waals surface area (Å²) in [5, 5.41) is 5.31. The molecule has 1 heterocycles. The Balaban J connectivity index is 1.91. The molecule has 1 atom stereocenters. The first-order chi connectivity index (χ1) is 11.2. The first-order valence-corrected chi connectivity index (χ1v) is 7.25. The number of amides is 2. The average Bonchev–Trinajstić information content (AvgIpc) is 2.60. The summed E-state index contributed by atoms with van der Waals surface area (Å²) in [4.78, 5) is 27.9. The SMILES string of the molecule is COC(=O)C(Cc1ccccc1)NC(=O)NCc1ccccn1. The van der Waals surface area contributed by atoms with Gasteiger partial charge in [-0.05, 0) is 17.7 Å². The van der Waals surface area contributed by atoms with Crippen molar-refractivity contribution in [2.24, 2.45) is 0 Å². The number of methoxy groups -OCH3 is 1. The van der Waals surface area contributed by atoms with Crippen LogP contribution in [0.15, 0.2) is 54.7 Å². The minimum absolute atomic E-state index is 0.284. The van der Waals surface area contributed by atoms with Crippen LogP contribution in [0, 0.1) is 0 Å². The molecule has 0 aliphatic rings. The molecule has 0 spiro atoms. The second-order valence-electron chi connectivity index (χ2n) is 4.91. The number of ether oxygens (including phenoxy) is 1. The largest absolute Gasteiger partial charge is 0.467 e. The summed E-state index contributed by atoms with van der Waals surface area (Å²) in [6, 6.07) is 13.7. The summed E-state index contributed by atoms with van der Waals surface area (Å²) in [5.74, 6) is -0.484. The fraction of sp³-hybridized carbons (Fsp3) is 0.235. The predicted octanol–water partition coefficient (Wildman–Crippen LogP) is 1.67. The standard InChI is InChI=1S/C17H19N3O3/c1-23-16(21)15(11-13-7-3-2-4-8-13)20-17(22)19-12-14-9-5-6-10-18-14/h2-10,15H,11-12H2,1H3,(H2,19,20,22). The summed E-state index contributed by atoms with van der Waals surface area (Å²) in [6.07, 6.45) is 2.02. The molecule has 0 bridgehead atoms. The zero-order chi connectivity index (χ0) is 16.5. The number of hydrogen-bond acceptors (Lipinski definition) is 4. The minimum Gasteiger partial charge on any atom is -0.467 e. The number of esters is 1. The highest BCUT2D eigenvalue weighted by molar-refractivity contribution is 5.83. The van der Waals surface area contributed by atoms with E-state index < -0.39 is 18.0 Å². The van der Waals surface area contributed by atoms with Gasteiger partial charge in [-0.25, -0.2) is 9.59 Å². The lowest BCUT2D eigenvalue weighted by molar-refractivity contribution is -0.142. The van der Waals surface area contributed by atoms with E-state index in [-0.39, 0.29) is 6.54 Å². The molecule has 0 saturated carbocycles. The molecule has 0 fully saturated rings. The fourth-order valence-electron chi connectivity index (χ4n) is 2.07. The third-order valence-electron chi connectivity index (χ3n) is 3.23. The van der Waals surface area contributed by atoms with Crippen LogP contribution in [0.5, 0.6) is 0 Å². The van der Waals surface area contributed by atoms with E-state index in [4.69, 9.17) is 4.74 Å². The predicted molar refractivity (Wildman–Crippen MR) is 85.6 cm³/mol. The Morgan fingerprint density at radius 3 is 2.52 bits per heavy atom. The van der Waals surface area contributed by atoms with Crippen molar-refractivity contribution in [2.75, 3.05) is 7.11 Å². The van der Waals surface area contributed by atoms with E-state index in [0.29, 0.717) is 6.42 Å². The van der Waals surface area contributed by atoms with Gasteiger partial charge >= 0.3 is 12.0 Å². The van der Waals surface area contributed by atoms with Gasteiger partial charge in [-0.1, -0.05) is 36.4 Å². The van der Waals surface area contributed by atoms with Crippen molar-refractivity contribution in [3.63, 3.8) is 0 Å². The Bertz CT molecular complexity index is 632. The number of benzene rings is 1. The molecular weight excluding hydrogens is 294 g/mol. The summed E-state index contributed by atoms with van der Waals surface area (Å²) in [5.41, 5.74) is 1.67. The third-order valence-corrected chi connectivity index (χ3v) is 3.23. The molecule has 1 unspecified atom stereocenters. The van der Waals surface area contributed by atoms with E-state index >= 15 is 0 Å². The Morgan fingerprint density at radius 1 is 1.13 bits per heavy atom. The maximum atomic E-state index is 12.0. The van der Waals surface area contributed by atoms with Crippen LogP contribution < -0.4 is 10.6 Å². The van der Waals surface area contributed by atoms with Crippen molar-refractivity contribution in [2.45, 2.75) is 19.0 Å². The maximum Gasteiger partial charge on any atom is 0.328 e. The zero-order valence-electron chi connectivity index (χ0n) is 12.9. The summed E-state index contributed by atoms with van der Waals surface area (Å²) in [7, 11) is 1.30. The summed E-state index contributed by atoms with van der Waals surface area (Å²) < 4.78 is 4.75. The van der Waals surface area contributed by atoms with Crippen molar-refractivity contribution in [1.29, 1.82) is 0 Å². The number of hydrogen-bond donors (Lipinski definition) is 2. The Morgan fingerprint density at radius 2 is 1.87 bits per heavy atom. The lowest BCUT2D eigenvalue weighted by Crippen LogP contribution is -2.47. The van der Waals surface area contributed by atoms with Gasteiger partial charge < -0.3 is 15.4 Å². The quantitative estimate of drug-likeness (QED) is 0.795. The molecule has 1 aromatic carbocycles. The topological polar surface area (TPSA) is 80.3 Å². The van der Waals surface area contributed by atoms with Crippen LogP contribution in [0.25, 0.3) is 0 Å². The van der Waals surface area contributed by atoms with Crippen LogP contribution in [0.4, 0.5) is 4.79 Å². The highest BCUT2D eigenvalue weighted by Gasteiger charge is 2.21. The molecule has 120 valence electrons. The number of nitrogens with one attached hydrogen (secondary N) is 2. The van der Waals surface area contributed by atoms with Gasteiger partial charge in [0.1, 0.15) is 6.04 Å². The number of nitrogens with zero attached hydrogens (tertiary/aromatic N) is 1. The van der Waals surface area contributed by atoms with Crippen LogP contribution in [0.2, 0.25) is 0 Å². The van der Waals surface area contributed by atoms with Gasteiger partial charge in [0.15, 0.2) is 0 Å². The molecule has 0 aliphatic heterocycles. The molecule has 2 rings (SSSR count). The van der Waals surface area contributed by atoms with Crippen molar-refractivity contribution in [1.82, 2.24) is 15.6 Å². The maximum absolute atomic E-state index is 12.0. The fourth-order valence-corrected chi connectivity index (χ4v) is 2.07. The molecule has 6 nitrogen and oxygen atoms in total. The number of aromatic nitrogens is 1. The van der Waals surface area contributed by atoms with Gasteiger partial charge in [0.2, 0.25) is 0 Å². The Kier molecular flexibility index (Phi) is 6.11. The third kappa shape index (κ3) is 5.43. The van der Waals surface area contributed by atoms with Crippen LogP contribution in [0.3, 0.4) is 0 Å². The molecule has 0 aliphatic carbocycles. The molecular formula is C17H19N3O3. The van der Waals surface area contributed by atoms with E-state index in [1.807, 2.05) is 42.5 Å². The molecule has 0 radical (unpaired) electrons. The van der Waals surface area contributed by atoms with Gasteiger partial charge in [-0.2, -0.15) is 0 Å². The van der Waals surface area contributed by atoms with Crippen molar-refractivity contribution in [3.8, 4) is 0 Å². The Hall–Kier alpha value is -2.89. The van der Waals surface area contributed by atoms with Crippen molar-refractivity contribution in [3.05, 3.63) is 66.0 Å². The van der Waals surface area contributed by atoms with E-state index in [0.717, 1.165) is 11.3 Å². The Labute approximate surface area is 134 Å². The van der Waals surface area contributed by atoms with E-state index in [1.165, 1.54) is 7.11 Å². The second-order valence-corrected chi connectivity index (χ2v) is 4.91. The summed E-state index contributed by atoms with van der Waals surface area (Å²) >= 11 is 0. The molecule has 23 heavy (non-hydrogen) atoms. The van der Waals surface area contributed by atoms with E-state index in [1.54, 1.807) is 12.3 Å². The number of pyridine rings is 1. The summed E-state index contributed by atoms with van der Waals surface area (Å²) in [6.45, 7) is 0.284. The highest BCUT2D eigenvalue weighted by atomic mass is 16.5. The van der Waals surface area contributed by atoms with Crippen LogP contribution in [-0.4, -0.2) is 30.1 Å². The average molecular weight is 313 g/mol. The lowest BCUT2D eigenvalue weighted by atomic mass is 10.1. The number of rotatable bonds is 6. The molecule has 2 amide bonds.